The number of anilines is 1. The molecule has 0 unspecified atom stereocenters. The zero-order chi connectivity index (χ0) is 18.1. The maximum absolute atomic E-state index is 12.8. The predicted molar refractivity (Wildman–Crippen MR) is 96.0 cm³/mol. The third kappa shape index (κ3) is 3.09. The maximum Gasteiger partial charge on any atom is 0.269 e. The van der Waals surface area contributed by atoms with Gasteiger partial charge in [0.05, 0.1) is 17.2 Å². The van der Waals surface area contributed by atoms with Crippen molar-refractivity contribution in [3.63, 3.8) is 0 Å². The lowest BCUT2D eigenvalue weighted by Crippen LogP contribution is -2.03. The van der Waals surface area contributed by atoms with Crippen molar-refractivity contribution in [3.05, 3.63) is 62.1 Å². The molecular weight excluding hydrogens is 342 g/mol. The zero-order valence-electron chi connectivity index (χ0n) is 13.6. The molecule has 1 aromatic carbocycles. The number of aromatic nitrogens is 1. The number of nitro groups is 1. The lowest BCUT2D eigenvalue weighted by molar-refractivity contribution is -0.384. The summed E-state index contributed by atoms with van der Waals surface area (Å²) >= 11 is 1.22. The van der Waals surface area contributed by atoms with Crippen LogP contribution in [0.2, 0.25) is 0 Å². The third-order valence-corrected chi connectivity index (χ3v) is 4.85. The van der Waals surface area contributed by atoms with Crippen molar-refractivity contribution in [2.24, 2.45) is 0 Å². The van der Waals surface area contributed by atoms with Crippen LogP contribution in [0.1, 0.15) is 26.5 Å². The van der Waals surface area contributed by atoms with Crippen molar-refractivity contribution in [2.75, 3.05) is 12.8 Å². The molecule has 3 aromatic rings. The first-order valence-corrected chi connectivity index (χ1v) is 8.20. The second-order valence-corrected chi connectivity index (χ2v) is 6.51. The number of hydrogen-bond donors (Lipinski definition) is 1. The number of thiophene rings is 1. The van der Waals surface area contributed by atoms with E-state index >= 15 is 0 Å². The number of ether oxygens (including phenoxy) is 1. The number of hydrogen-bond acceptors (Lipinski definition) is 7. The molecule has 2 aromatic heterocycles. The Morgan fingerprint density at radius 2 is 2.04 bits per heavy atom. The zero-order valence-corrected chi connectivity index (χ0v) is 14.4. The molecule has 0 spiro atoms. The minimum absolute atomic E-state index is 0.0689. The molecule has 0 bridgehead atoms. The first-order valence-electron chi connectivity index (χ1n) is 7.39. The Morgan fingerprint density at radius 3 is 2.64 bits per heavy atom. The Morgan fingerprint density at radius 1 is 1.36 bits per heavy atom. The number of fused-ring (bicyclic) bond motifs is 1. The summed E-state index contributed by atoms with van der Waals surface area (Å²) in [5.41, 5.74) is 8.55. The monoisotopic (exact) mass is 357 g/mol. The molecule has 8 heteroatoms. The number of ketones is 1. The van der Waals surface area contributed by atoms with Gasteiger partial charge in [-0.1, -0.05) is 0 Å². The average Bonchev–Trinajstić information content (AvgIpc) is 2.91. The summed E-state index contributed by atoms with van der Waals surface area (Å²) < 4.78 is 5.21. The van der Waals surface area contributed by atoms with Gasteiger partial charge in [0.15, 0.2) is 0 Å². The Bertz CT molecular complexity index is 980. The summed E-state index contributed by atoms with van der Waals surface area (Å²) in [6.07, 6.45) is 0. The molecule has 7 nitrogen and oxygen atoms in total. The van der Waals surface area contributed by atoms with Crippen LogP contribution in [0.5, 0.6) is 0 Å². The summed E-state index contributed by atoms with van der Waals surface area (Å²) in [5.74, 6) is -0.281. The van der Waals surface area contributed by atoms with Gasteiger partial charge < -0.3 is 10.5 Å². The number of carbonyl (C=O) groups is 1. The van der Waals surface area contributed by atoms with E-state index in [1.165, 1.54) is 35.6 Å². The van der Waals surface area contributed by atoms with Gasteiger partial charge in [-0.05, 0) is 30.7 Å². The second-order valence-electron chi connectivity index (χ2n) is 5.51. The number of carbonyl (C=O) groups excluding carboxylic acids is 1. The standard InChI is InChI=1S/C17H15N3O4S/c1-9-7-11(8-24-2)13-14(18)16(25-17(13)19-9)15(21)10-3-5-12(6-4-10)20(22)23/h3-7H,8,18H2,1-2H3. The number of nitrogens with two attached hydrogens (primary N) is 1. The van der Waals surface area contributed by atoms with Crippen LogP contribution >= 0.6 is 11.3 Å². The molecule has 0 aliphatic carbocycles. The minimum Gasteiger partial charge on any atom is -0.397 e. The van der Waals surface area contributed by atoms with E-state index in [1.54, 1.807) is 7.11 Å². The van der Waals surface area contributed by atoms with E-state index in [2.05, 4.69) is 4.98 Å². The molecule has 0 aliphatic rings. The maximum atomic E-state index is 12.8. The first-order chi connectivity index (χ1) is 11.9. The van der Waals surface area contributed by atoms with Crippen molar-refractivity contribution in [2.45, 2.75) is 13.5 Å². The van der Waals surface area contributed by atoms with Gasteiger partial charge in [0.25, 0.3) is 5.69 Å². The molecule has 0 saturated carbocycles. The molecular formula is C17H15N3O4S. The van der Waals surface area contributed by atoms with Crippen molar-refractivity contribution >= 4 is 38.7 Å². The largest absolute Gasteiger partial charge is 0.397 e. The molecule has 0 saturated heterocycles. The highest BCUT2D eigenvalue weighted by Gasteiger charge is 2.21. The van der Waals surface area contributed by atoms with Crippen LogP contribution in [-0.4, -0.2) is 22.8 Å². The van der Waals surface area contributed by atoms with E-state index in [-0.39, 0.29) is 11.5 Å². The summed E-state index contributed by atoms with van der Waals surface area (Å²) in [7, 11) is 1.59. The number of methoxy groups -OCH3 is 1. The highest BCUT2D eigenvalue weighted by molar-refractivity contribution is 7.21. The normalized spacial score (nSPS) is 11.0. The van der Waals surface area contributed by atoms with Gasteiger partial charge in [0.2, 0.25) is 5.78 Å². The molecule has 0 amide bonds. The van der Waals surface area contributed by atoms with Gasteiger partial charge >= 0.3 is 0 Å². The van der Waals surface area contributed by atoms with Gasteiger partial charge in [0, 0.05) is 35.9 Å². The molecule has 0 aliphatic heterocycles. The van der Waals surface area contributed by atoms with Crippen molar-refractivity contribution < 1.29 is 14.5 Å². The topological polar surface area (TPSA) is 108 Å². The van der Waals surface area contributed by atoms with Gasteiger partial charge in [-0.15, -0.1) is 11.3 Å². The van der Waals surface area contributed by atoms with E-state index in [4.69, 9.17) is 10.5 Å². The second kappa shape index (κ2) is 6.58. The number of nitrogens with zero attached hydrogens (tertiary/aromatic N) is 2. The number of rotatable bonds is 5. The molecule has 0 fully saturated rings. The van der Waals surface area contributed by atoms with Crippen LogP contribution in [0.3, 0.4) is 0 Å². The number of aryl methyl sites for hydroxylation is 1. The van der Waals surface area contributed by atoms with Gasteiger partial charge in [-0.25, -0.2) is 4.98 Å². The Kier molecular flexibility index (Phi) is 4.47. The fraction of sp³-hybridized carbons (Fsp3) is 0.176. The number of non-ortho nitro benzene ring substituents is 1. The molecule has 0 atom stereocenters. The van der Waals surface area contributed by atoms with Crippen LogP contribution in [0.4, 0.5) is 11.4 Å². The van der Waals surface area contributed by atoms with Crippen LogP contribution < -0.4 is 5.73 Å². The Balaban J connectivity index is 2.09. The Labute approximate surface area is 147 Å². The van der Waals surface area contributed by atoms with E-state index in [0.717, 1.165) is 16.6 Å². The molecule has 128 valence electrons. The smallest absolute Gasteiger partial charge is 0.269 e. The quantitative estimate of drug-likeness (QED) is 0.425. The lowest BCUT2D eigenvalue weighted by atomic mass is 10.1. The van der Waals surface area contributed by atoms with Gasteiger partial charge in [0.1, 0.15) is 9.71 Å². The van der Waals surface area contributed by atoms with E-state index in [9.17, 15) is 14.9 Å². The molecule has 2 heterocycles. The van der Waals surface area contributed by atoms with Gasteiger partial charge in [-0.2, -0.15) is 0 Å². The average molecular weight is 357 g/mol. The minimum atomic E-state index is -0.508. The van der Waals surface area contributed by atoms with Gasteiger partial charge in [-0.3, -0.25) is 14.9 Å². The number of benzene rings is 1. The van der Waals surface area contributed by atoms with Crippen molar-refractivity contribution in [3.8, 4) is 0 Å². The highest BCUT2D eigenvalue weighted by atomic mass is 32.1. The van der Waals surface area contributed by atoms with Crippen LogP contribution in [0.25, 0.3) is 10.2 Å². The summed E-state index contributed by atoms with van der Waals surface area (Å²) in [6, 6.07) is 7.35. The fourth-order valence-corrected chi connectivity index (χ4v) is 3.79. The van der Waals surface area contributed by atoms with Crippen molar-refractivity contribution in [1.29, 1.82) is 0 Å². The van der Waals surface area contributed by atoms with Crippen LogP contribution in [0.15, 0.2) is 30.3 Å². The number of pyridine rings is 1. The summed E-state index contributed by atoms with van der Waals surface area (Å²) in [5, 5.41) is 11.5. The molecule has 3 rings (SSSR count). The van der Waals surface area contributed by atoms with E-state index < -0.39 is 4.92 Å². The molecule has 0 radical (unpaired) electrons. The van der Waals surface area contributed by atoms with Crippen LogP contribution in [0, 0.1) is 17.0 Å². The highest BCUT2D eigenvalue weighted by Crippen LogP contribution is 2.37. The van der Waals surface area contributed by atoms with E-state index in [1.807, 2.05) is 13.0 Å². The van der Waals surface area contributed by atoms with Crippen LogP contribution in [-0.2, 0) is 11.3 Å². The van der Waals surface area contributed by atoms with Crippen molar-refractivity contribution in [1.82, 2.24) is 4.98 Å². The fourth-order valence-electron chi connectivity index (χ4n) is 2.64. The number of nitro benzene ring substituents is 1. The lowest BCUT2D eigenvalue weighted by Gasteiger charge is -2.05. The van der Waals surface area contributed by atoms with E-state index in [0.29, 0.717) is 27.6 Å². The third-order valence-electron chi connectivity index (χ3n) is 3.76. The molecule has 2 N–H and O–H groups in total. The molecule has 25 heavy (non-hydrogen) atoms. The summed E-state index contributed by atoms with van der Waals surface area (Å²) in [6.45, 7) is 2.23. The summed E-state index contributed by atoms with van der Waals surface area (Å²) in [4.78, 5) is 28.5. The Hall–Kier alpha value is -2.84. The SMILES string of the molecule is COCc1cc(C)nc2sc(C(=O)c3ccc([N+](=O)[O-])cc3)c(N)c12. The predicted octanol–water partition coefficient (Wildman–Crippen LogP) is 3.47. The first kappa shape index (κ1) is 17.0. The number of nitrogen functional groups attached to an aromatic ring is 1.